The van der Waals surface area contributed by atoms with Crippen molar-refractivity contribution in [1.29, 1.82) is 0 Å². The lowest BCUT2D eigenvalue weighted by atomic mass is 9.79. The molecule has 0 saturated heterocycles. The van der Waals surface area contributed by atoms with Gasteiger partial charge in [-0.05, 0) is 25.0 Å². The predicted octanol–water partition coefficient (Wildman–Crippen LogP) is 2.49. The van der Waals surface area contributed by atoms with Gasteiger partial charge in [-0.1, -0.05) is 18.0 Å². The Morgan fingerprint density at radius 3 is 2.95 bits per heavy atom. The molecule has 0 bridgehead atoms. The number of carboxylic acid groups (broad SMARTS) is 1. The summed E-state index contributed by atoms with van der Waals surface area (Å²) >= 11 is 0. The quantitative estimate of drug-likeness (QED) is 0.924. The van der Waals surface area contributed by atoms with Crippen LogP contribution in [0.1, 0.15) is 37.5 Å². The molecule has 6 nitrogen and oxygen atoms in total. The van der Waals surface area contributed by atoms with Crippen LogP contribution in [-0.2, 0) is 4.79 Å². The van der Waals surface area contributed by atoms with Crippen LogP contribution in [0.15, 0.2) is 29.0 Å². The fourth-order valence-corrected chi connectivity index (χ4v) is 2.72. The average Bonchev–Trinajstić information content (AvgIpc) is 2.98. The van der Waals surface area contributed by atoms with Crippen LogP contribution in [0, 0.1) is 5.92 Å². The maximum absolute atomic E-state index is 11.3. The van der Waals surface area contributed by atoms with Crippen LogP contribution < -0.4 is 0 Å². The third-order valence-electron chi connectivity index (χ3n) is 3.76. The minimum Gasteiger partial charge on any atom is -0.481 e. The van der Waals surface area contributed by atoms with Gasteiger partial charge in [-0.2, -0.15) is 4.98 Å². The van der Waals surface area contributed by atoms with Crippen molar-refractivity contribution < 1.29 is 14.4 Å². The summed E-state index contributed by atoms with van der Waals surface area (Å²) in [7, 11) is 0. The van der Waals surface area contributed by atoms with E-state index >= 15 is 0 Å². The molecule has 1 fully saturated rings. The Morgan fingerprint density at radius 1 is 1.35 bits per heavy atom. The Hall–Kier alpha value is -2.24. The van der Waals surface area contributed by atoms with Gasteiger partial charge in [0.05, 0.1) is 11.8 Å². The lowest BCUT2D eigenvalue weighted by molar-refractivity contribution is -0.143. The van der Waals surface area contributed by atoms with Gasteiger partial charge < -0.3 is 9.63 Å². The highest BCUT2D eigenvalue weighted by Gasteiger charge is 2.35. The van der Waals surface area contributed by atoms with Gasteiger partial charge in [0, 0.05) is 18.0 Å². The van der Waals surface area contributed by atoms with E-state index in [4.69, 9.17) is 4.52 Å². The Morgan fingerprint density at radius 2 is 2.20 bits per heavy atom. The topological polar surface area (TPSA) is 89.1 Å². The summed E-state index contributed by atoms with van der Waals surface area (Å²) in [5.74, 6) is -0.500. The highest BCUT2D eigenvalue weighted by Crippen LogP contribution is 2.37. The Labute approximate surface area is 115 Å². The molecule has 1 aliphatic carbocycles. The molecular weight excluding hydrogens is 258 g/mol. The van der Waals surface area contributed by atoms with E-state index in [0.29, 0.717) is 18.1 Å². The van der Waals surface area contributed by atoms with Gasteiger partial charge in [-0.3, -0.25) is 9.78 Å². The Bertz CT molecular complexity index is 597. The number of pyridine rings is 1. The van der Waals surface area contributed by atoms with Crippen molar-refractivity contribution in [2.75, 3.05) is 0 Å². The number of rotatable bonds is 3. The maximum atomic E-state index is 11.3. The summed E-state index contributed by atoms with van der Waals surface area (Å²) in [6, 6.07) is 3.64. The zero-order valence-electron chi connectivity index (χ0n) is 10.9. The number of aliphatic carboxylic acids is 1. The average molecular weight is 273 g/mol. The summed E-state index contributed by atoms with van der Waals surface area (Å²) in [6.45, 7) is 0. The van der Waals surface area contributed by atoms with Crippen LogP contribution in [0.3, 0.4) is 0 Å². The molecule has 104 valence electrons. The molecule has 2 aromatic heterocycles. The van der Waals surface area contributed by atoms with Gasteiger partial charge in [-0.25, -0.2) is 0 Å². The monoisotopic (exact) mass is 273 g/mol. The molecule has 2 aromatic rings. The highest BCUT2D eigenvalue weighted by molar-refractivity contribution is 5.71. The number of nitrogens with zero attached hydrogens (tertiary/aromatic N) is 3. The van der Waals surface area contributed by atoms with Crippen LogP contribution in [-0.4, -0.2) is 26.2 Å². The first kappa shape index (κ1) is 12.8. The molecule has 20 heavy (non-hydrogen) atoms. The molecule has 1 saturated carbocycles. The molecule has 1 aliphatic rings. The molecule has 1 N–H and O–H groups in total. The Balaban J connectivity index is 1.87. The van der Waals surface area contributed by atoms with Gasteiger partial charge in [0.25, 0.3) is 0 Å². The van der Waals surface area contributed by atoms with Crippen molar-refractivity contribution in [2.24, 2.45) is 5.92 Å². The molecular formula is C14H15N3O3. The molecule has 0 amide bonds. The van der Waals surface area contributed by atoms with E-state index in [1.165, 1.54) is 0 Å². The lowest BCUT2D eigenvalue weighted by Crippen LogP contribution is -2.25. The van der Waals surface area contributed by atoms with Crippen LogP contribution in [0.25, 0.3) is 11.4 Å². The van der Waals surface area contributed by atoms with Gasteiger partial charge in [0.2, 0.25) is 11.7 Å². The molecule has 3 rings (SSSR count). The normalized spacial score (nSPS) is 22.6. The van der Waals surface area contributed by atoms with E-state index in [1.807, 2.05) is 6.07 Å². The molecule has 0 aromatic carbocycles. The zero-order chi connectivity index (χ0) is 13.9. The molecule has 2 unspecified atom stereocenters. The number of carboxylic acids is 1. The number of carbonyl (C=O) groups is 1. The lowest BCUT2D eigenvalue weighted by Gasteiger charge is -2.25. The van der Waals surface area contributed by atoms with Crippen molar-refractivity contribution >= 4 is 5.97 Å². The van der Waals surface area contributed by atoms with Crippen LogP contribution >= 0.6 is 0 Å². The molecule has 2 heterocycles. The molecule has 0 spiro atoms. The van der Waals surface area contributed by atoms with Crippen molar-refractivity contribution in [3.05, 3.63) is 30.4 Å². The van der Waals surface area contributed by atoms with E-state index < -0.39 is 11.9 Å². The van der Waals surface area contributed by atoms with Gasteiger partial charge in [0.1, 0.15) is 0 Å². The van der Waals surface area contributed by atoms with Crippen molar-refractivity contribution in [1.82, 2.24) is 15.1 Å². The van der Waals surface area contributed by atoms with Crippen molar-refractivity contribution in [3.8, 4) is 11.4 Å². The smallest absolute Gasteiger partial charge is 0.307 e. The van der Waals surface area contributed by atoms with E-state index in [1.54, 1.807) is 18.5 Å². The summed E-state index contributed by atoms with van der Waals surface area (Å²) in [4.78, 5) is 19.7. The van der Waals surface area contributed by atoms with Crippen LogP contribution in [0.5, 0.6) is 0 Å². The number of aromatic nitrogens is 3. The zero-order valence-corrected chi connectivity index (χ0v) is 10.9. The Kier molecular flexibility index (Phi) is 3.45. The van der Waals surface area contributed by atoms with Gasteiger partial charge in [0.15, 0.2) is 0 Å². The van der Waals surface area contributed by atoms with E-state index in [2.05, 4.69) is 15.1 Å². The second-order valence-corrected chi connectivity index (χ2v) is 5.03. The first-order chi connectivity index (χ1) is 9.75. The van der Waals surface area contributed by atoms with Crippen LogP contribution in [0.2, 0.25) is 0 Å². The molecule has 6 heteroatoms. The summed E-state index contributed by atoms with van der Waals surface area (Å²) < 4.78 is 5.29. The molecule has 0 aliphatic heterocycles. The fourth-order valence-electron chi connectivity index (χ4n) is 2.72. The molecule has 2 atom stereocenters. The minimum atomic E-state index is -0.782. The largest absolute Gasteiger partial charge is 0.481 e. The second-order valence-electron chi connectivity index (χ2n) is 5.03. The fraction of sp³-hybridized carbons (Fsp3) is 0.429. The van der Waals surface area contributed by atoms with Gasteiger partial charge >= 0.3 is 5.97 Å². The van der Waals surface area contributed by atoms with E-state index in [9.17, 15) is 9.90 Å². The number of hydrogen-bond donors (Lipinski definition) is 1. The van der Waals surface area contributed by atoms with E-state index in [0.717, 1.165) is 24.8 Å². The van der Waals surface area contributed by atoms with E-state index in [-0.39, 0.29) is 5.92 Å². The summed E-state index contributed by atoms with van der Waals surface area (Å²) in [5.41, 5.74) is 0.769. The van der Waals surface area contributed by atoms with Crippen LogP contribution in [0.4, 0.5) is 0 Å². The second kappa shape index (κ2) is 5.40. The standard InChI is InChI=1S/C14H15N3O3/c18-14(19)11-6-2-1-5-10(11)13-16-12(17-20-13)9-4-3-7-15-8-9/h3-4,7-8,10-11H,1-2,5-6H2,(H,18,19). The SMILES string of the molecule is O=C(O)C1CCCCC1c1nc(-c2cccnc2)no1. The first-order valence-electron chi connectivity index (χ1n) is 6.72. The molecule has 0 radical (unpaired) electrons. The number of hydrogen-bond acceptors (Lipinski definition) is 5. The third-order valence-corrected chi connectivity index (χ3v) is 3.76. The van der Waals surface area contributed by atoms with Gasteiger partial charge in [-0.15, -0.1) is 0 Å². The predicted molar refractivity (Wildman–Crippen MR) is 69.9 cm³/mol. The third kappa shape index (κ3) is 2.41. The maximum Gasteiger partial charge on any atom is 0.307 e. The summed E-state index contributed by atoms with van der Waals surface area (Å²) in [6.07, 6.45) is 6.72. The first-order valence-corrected chi connectivity index (χ1v) is 6.72. The highest BCUT2D eigenvalue weighted by atomic mass is 16.5. The van der Waals surface area contributed by atoms with Crippen molar-refractivity contribution in [2.45, 2.75) is 31.6 Å². The minimum absolute atomic E-state index is 0.181. The van der Waals surface area contributed by atoms with Crippen molar-refractivity contribution in [3.63, 3.8) is 0 Å². The summed E-state index contributed by atoms with van der Waals surface area (Å²) in [5, 5.41) is 13.2.